The Kier molecular flexibility index (Phi) is 4.25. The molecule has 0 aliphatic heterocycles. The molecule has 0 aliphatic rings. The van der Waals surface area contributed by atoms with E-state index in [0.717, 1.165) is 12.0 Å². The van der Waals surface area contributed by atoms with E-state index in [9.17, 15) is 9.90 Å². The van der Waals surface area contributed by atoms with Gasteiger partial charge in [-0.25, -0.2) is 0 Å². The average Bonchev–Trinajstić information content (AvgIpc) is 2.47. The minimum Gasteiger partial charge on any atom is -0.506 e. The number of phenolic OH excluding ortho intramolecular Hbond substituents is 1. The lowest BCUT2D eigenvalue weighted by molar-refractivity contribution is 0.101. The van der Waals surface area contributed by atoms with Crippen LogP contribution in [0.4, 0.5) is 11.4 Å². The first kappa shape index (κ1) is 13.9. The Hall–Kier alpha value is -2.49. The maximum atomic E-state index is 11.2. The van der Waals surface area contributed by atoms with Crippen LogP contribution >= 0.6 is 0 Å². The average molecular weight is 268 g/mol. The summed E-state index contributed by atoms with van der Waals surface area (Å²) in [7, 11) is 0. The fourth-order valence-electron chi connectivity index (χ4n) is 1.74. The van der Waals surface area contributed by atoms with Crippen LogP contribution < -0.4 is 0 Å². The lowest BCUT2D eigenvalue weighted by Crippen LogP contribution is -1.89. The van der Waals surface area contributed by atoms with Gasteiger partial charge in [-0.3, -0.25) is 4.79 Å². The number of carbonyl (C=O) groups is 1. The molecular formula is C16H16N2O2. The second-order valence-electron chi connectivity index (χ2n) is 4.48. The van der Waals surface area contributed by atoms with Gasteiger partial charge >= 0.3 is 0 Å². The Morgan fingerprint density at radius 2 is 1.80 bits per heavy atom. The monoisotopic (exact) mass is 268 g/mol. The summed E-state index contributed by atoms with van der Waals surface area (Å²) in [6, 6.07) is 12.1. The quantitative estimate of drug-likeness (QED) is 0.652. The summed E-state index contributed by atoms with van der Waals surface area (Å²) >= 11 is 0. The van der Waals surface area contributed by atoms with Gasteiger partial charge in [0.05, 0.1) is 5.69 Å². The molecule has 2 aromatic carbocycles. The molecule has 0 unspecified atom stereocenters. The highest BCUT2D eigenvalue weighted by molar-refractivity contribution is 5.94. The molecule has 0 saturated carbocycles. The number of nitrogens with zero attached hydrogens (tertiary/aromatic N) is 2. The highest BCUT2D eigenvalue weighted by Gasteiger charge is 2.01. The number of rotatable bonds is 4. The van der Waals surface area contributed by atoms with Crippen LogP contribution in [-0.2, 0) is 6.42 Å². The van der Waals surface area contributed by atoms with Gasteiger partial charge < -0.3 is 5.11 Å². The van der Waals surface area contributed by atoms with E-state index in [1.54, 1.807) is 30.3 Å². The molecule has 0 atom stereocenters. The summed E-state index contributed by atoms with van der Waals surface area (Å²) in [6.45, 7) is 3.55. The van der Waals surface area contributed by atoms with Crippen molar-refractivity contribution >= 4 is 17.2 Å². The van der Waals surface area contributed by atoms with Crippen LogP contribution in [0.15, 0.2) is 52.7 Å². The van der Waals surface area contributed by atoms with Crippen LogP contribution in [0.25, 0.3) is 0 Å². The predicted molar refractivity (Wildman–Crippen MR) is 78.1 cm³/mol. The maximum absolute atomic E-state index is 11.2. The van der Waals surface area contributed by atoms with Crippen molar-refractivity contribution in [2.45, 2.75) is 20.3 Å². The maximum Gasteiger partial charge on any atom is 0.159 e. The Labute approximate surface area is 117 Å². The minimum atomic E-state index is 0.0155. The molecule has 1 N–H and O–H groups in total. The summed E-state index contributed by atoms with van der Waals surface area (Å²) in [5, 5.41) is 17.8. The first-order valence-corrected chi connectivity index (χ1v) is 6.45. The standard InChI is InChI=1S/C16H16N2O2/c1-3-12-4-9-16(20)15(10-12)18-17-14-7-5-13(6-8-14)11(2)19/h4-10,20H,3H2,1-2H3/b18-17+. The molecule has 0 fully saturated rings. The van der Waals surface area contributed by atoms with Crippen molar-refractivity contribution in [2.24, 2.45) is 10.2 Å². The van der Waals surface area contributed by atoms with Crippen molar-refractivity contribution in [2.75, 3.05) is 0 Å². The van der Waals surface area contributed by atoms with Gasteiger partial charge in [0, 0.05) is 5.56 Å². The van der Waals surface area contributed by atoms with E-state index in [0.29, 0.717) is 16.9 Å². The molecule has 0 bridgehead atoms. The number of aryl methyl sites for hydroxylation is 1. The second-order valence-corrected chi connectivity index (χ2v) is 4.48. The fourth-order valence-corrected chi connectivity index (χ4v) is 1.74. The van der Waals surface area contributed by atoms with E-state index < -0.39 is 0 Å². The molecule has 0 aromatic heterocycles. The van der Waals surface area contributed by atoms with Crippen molar-refractivity contribution in [3.8, 4) is 5.75 Å². The van der Waals surface area contributed by atoms with Crippen LogP contribution in [0.5, 0.6) is 5.75 Å². The third-order valence-corrected chi connectivity index (χ3v) is 3.00. The summed E-state index contributed by atoms with van der Waals surface area (Å²) in [4.78, 5) is 11.2. The molecule has 0 spiro atoms. The van der Waals surface area contributed by atoms with Crippen LogP contribution in [0.3, 0.4) is 0 Å². The molecule has 102 valence electrons. The first-order chi connectivity index (χ1) is 9.60. The van der Waals surface area contributed by atoms with Crippen LogP contribution in [0.2, 0.25) is 0 Å². The Morgan fingerprint density at radius 3 is 2.40 bits per heavy atom. The Morgan fingerprint density at radius 1 is 1.10 bits per heavy atom. The van der Waals surface area contributed by atoms with E-state index in [-0.39, 0.29) is 11.5 Å². The topological polar surface area (TPSA) is 62.0 Å². The van der Waals surface area contributed by atoms with Gasteiger partial charge in [0.2, 0.25) is 0 Å². The number of phenols is 1. The van der Waals surface area contributed by atoms with Gasteiger partial charge in [0.15, 0.2) is 5.78 Å². The number of hydrogen-bond donors (Lipinski definition) is 1. The van der Waals surface area contributed by atoms with Gasteiger partial charge in [-0.15, -0.1) is 5.11 Å². The number of ketones is 1. The van der Waals surface area contributed by atoms with Gasteiger partial charge in [0.25, 0.3) is 0 Å². The van der Waals surface area contributed by atoms with E-state index in [4.69, 9.17) is 0 Å². The highest BCUT2D eigenvalue weighted by Crippen LogP contribution is 2.29. The van der Waals surface area contributed by atoms with E-state index in [1.165, 1.54) is 6.92 Å². The molecule has 2 aromatic rings. The van der Waals surface area contributed by atoms with Crippen LogP contribution in [-0.4, -0.2) is 10.9 Å². The van der Waals surface area contributed by atoms with Gasteiger partial charge in [-0.2, -0.15) is 5.11 Å². The van der Waals surface area contributed by atoms with Crippen molar-refractivity contribution in [1.82, 2.24) is 0 Å². The van der Waals surface area contributed by atoms with Gasteiger partial charge in [-0.1, -0.05) is 13.0 Å². The summed E-state index contributed by atoms with van der Waals surface area (Å²) in [5.41, 5.74) is 2.81. The number of Topliss-reactive ketones (excluding diaryl/α,β-unsaturated/α-hetero) is 1. The van der Waals surface area contributed by atoms with Crippen LogP contribution in [0, 0.1) is 0 Å². The zero-order chi connectivity index (χ0) is 14.5. The van der Waals surface area contributed by atoms with Crippen molar-refractivity contribution < 1.29 is 9.90 Å². The first-order valence-electron chi connectivity index (χ1n) is 6.45. The SMILES string of the molecule is CCc1ccc(O)c(/N=N/c2ccc(C(C)=O)cc2)c1. The molecule has 0 aliphatic carbocycles. The molecular weight excluding hydrogens is 252 g/mol. The molecule has 0 amide bonds. The predicted octanol–water partition coefficient (Wildman–Crippen LogP) is 4.57. The van der Waals surface area contributed by atoms with Gasteiger partial charge in [0.1, 0.15) is 11.4 Å². The Balaban J connectivity index is 2.22. The molecule has 2 rings (SSSR count). The van der Waals surface area contributed by atoms with E-state index >= 15 is 0 Å². The zero-order valence-corrected chi connectivity index (χ0v) is 11.5. The summed E-state index contributed by atoms with van der Waals surface area (Å²) in [5.74, 6) is 0.119. The lowest BCUT2D eigenvalue weighted by Gasteiger charge is -2.01. The number of aromatic hydroxyl groups is 1. The summed E-state index contributed by atoms with van der Waals surface area (Å²) in [6.07, 6.45) is 0.871. The van der Waals surface area contributed by atoms with Crippen molar-refractivity contribution in [3.05, 3.63) is 53.6 Å². The summed E-state index contributed by atoms with van der Waals surface area (Å²) < 4.78 is 0. The third kappa shape index (κ3) is 3.29. The van der Waals surface area contributed by atoms with E-state index in [1.807, 2.05) is 19.1 Å². The molecule has 0 heterocycles. The largest absolute Gasteiger partial charge is 0.506 e. The molecule has 4 nitrogen and oxygen atoms in total. The normalized spacial score (nSPS) is 10.9. The number of carbonyl (C=O) groups excluding carboxylic acids is 1. The van der Waals surface area contributed by atoms with Crippen molar-refractivity contribution in [1.29, 1.82) is 0 Å². The smallest absolute Gasteiger partial charge is 0.159 e. The number of azo groups is 1. The molecule has 0 radical (unpaired) electrons. The Bertz CT molecular complexity index is 646. The van der Waals surface area contributed by atoms with E-state index in [2.05, 4.69) is 10.2 Å². The van der Waals surface area contributed by atoms with Gasteiger partial charge in [-0.05, 0) is 55.3 Å². The minimum absolute atomic E-state index is 0.0155. The lowest BCUT2D eigenvalue weighted by atomic mass is 10.1. The molecule has 0 saturated heterocycles. The highest BCUT2D eigenvalue weighted by atomic mass is 16.3. The fraction of sp³-hybridized carbons (Fsp3) is 0.188. The third-order valence-electron chi connectivity index (χ3n) is 3.00. The van der Waals surface area contributed by atoms with Crippen molar-refractivity contribution in [3.63, 3.8) is 0 Å². The number of hydrogen-bond acceptors (Lipinski definition) is 4. The second kappa shape index (κ2) is 6.10. The van der Waals surface area contributed by atoms with Crippen LogP contribution in [0.1, 0.15) is 29.8 Å². The zero-order valence-electron chi connectivity index (χ0n) is 11.5. The molecule has 20 heavy (non-hydrogen) atoms. The number of benzene rings is 2. The molecule has 4 heteroatoms.